The van der Waals surface area contributed by atoms with E-state index in [1.54, 1.807) is 24.3 Å². The third kappa shape index (κ3) is 4.99. The van der Waals surface area contributed by atoms with Crippen LogP contribution in [0.25, 0.3) is 0 Å². The van der Waals surface area contributed by atoms with E-state index in [0.717, 1.165) is 12.5 Å². The predicted molar refractivity (Wildman–Crippen MR) is 85.1 cm³/mol. The standard InChI is InChI=1S/C15H16ClF3N4/c1-3-9(2)20-14-22-12(15(17,18)19)8-13(23-14)21-11-6-4-10(16)5-7-11/h4-9H,3H2,1-2H3,(H2,20,21,22,23)/t9-/m0/s1. The molecule has 0 spiro atoms. The molecular formula is C15H16ClF3N4. The number of benzene rings is 1. The molecule has 4 nitrogen and oxygen atoms in total. The van der Waals surface area contributed by atoms with Crippen LogP contribution >= 0.6 is 11.6 Å². The van der Waals surface area contributed by atoms with Gasteiger partial charge in [0.2, 0.25) is 5.95 Å². The number of hydrogen-bond acceptors (Lipinski definition) is 4. The molecule has 8 heteroatoms. The molecule has 1 heterocycles. The molecule has 0 bridgehead atoms. The van der Waals surface area contributed by atoms with Crippen LogP contribution in [-0.2, 0) is 6.18 Å². The van der Waals surface area contributed by atoms with Crippen molar-refractivity contribution >= 4 is 29.1 Å². The van der Waals surface area contributed by atoms with Crippen LogP contribution in [0.1, 0.15) is 26.0 Å². The maximum absolute atomic E-state index is 13.0. The first-order chi connectivity index (χ1) is 10.8. The van der Waals surface area contributed by atoms with Crippen LogP contribution in [0.4, 0.5) is 30.6 Å². The maximum Gasteiger partial charge on any atom is 0.433 e. The quantitative estimate of drug-likeness (QED) is 0.792. The first-order valence-electron chi connectivity index (χ1n) is 7.03. The first-order valence-corrected chi connectivity index (χ1v) is 7.41. The molecular weight excluding hydrogens is 329 g/mol. The average Bonchev–Trinajstić information content (AvgIpc) is 2.48. The van der Waals surface area contributed by atoms with Crippen LogP contribution in [0.3, 0.4) is 0 Å². The molecule has 124 valence electrons. The van der Waals surface area contributed by atoms with Gasteiger partial charge < -0.3 is 10.6 Å². The minimum Gasteiger partial charge on any atom is -0.352 e. The Bertz CT molecular complexity index is 659. The van der Waals surface area contributed by atoms with Crippen molar-refractivity contribution in [1.82, 2.24) is 9.97 Å². The van der Waals surface area contributed by atoms with Gasteiger partial charge in [0.05, 0.1) is 0 Å². The number of rotatable bonds is 5. The normalized spacial score (nSPS) is 12.8. The monoisotopic (exact) mass is 344 g/mol. The Morgan fingerprint density at radius 2 is 1.83 bits per heavy atom. The maximum atomic E-state index is 13.0. The number of nitrogens with one attached hydrogen (secondary N) is 2. The molecule has 0 saturated heterocycles. The third-order valence-electron chi connectivity index (χ3n) is 3.12. The van der Waals surface area contributed by atoms with Crippen molar-refractivity contribution in [2.45, 2.75) is 32.5 Å². The summed E-state index contributed by atoms with van der Waals surface area (Å²) in [6, 6.07) is 7.40. The molecule has 0 aliphatic carbocycles. The summed E-state index contributed by atoms with van der Waals surface area (Å²) in [6.07, 6.45) is -3.81. The summed E-state index contributed by atoms with van der Waals surface area (Å²) >= 11 is 5.79. The molecule has 0 aliphatic rings. The zero-order chi connectivity index (χ0) is 17.0. The van der Waals surface area contributed by atoms with Gasteiger partial charge in [0.15, 0.2) is 5.69 Å². The van der Waals surface area contributed by atoms with Gasteiger partial charge in [-0.1, -0.05) is 18.5 Å². The van der Waals surface area contributed by atoms with Crippen molar-refractivity contribution in [2.24, 2.45) is 0 Å². The van der Waals surface area contributed by atoms with E-state index in [1.165, 1.54) is 0 Å². The van der Waals surface area contributed by atoms with E-state index < -0.39 is 11.9 Å². The smallest absolute Gasteiger partial charge is 0.352 e. The Morgan fingerprint density at radius 1 is 1.17 bits per heavy atom. The van der Waals surface area contributed by atoms with Crippen molar-refractivity contribution in [3.05, 3.63) is 41.0 Å². The first kappa shape index (κ1) is 17.3. The second kappa shape index (κ2) is 7.04. The fraction of sp³-hybridized carbons (Fsp3) is 0.333. The van der Waals surface area contributed by atoms with Gasteiger partial charge in [0.1, 0.15) is 5.82 Å². The molecule has 0 fully saturated rings. The lowest BCUT2D eigenvalue weighted by Gasteiger charge is -2.15. The zero-order valence-corrected chi connectivity index (χ0v) is 13.3. The molecule has 0 amide bonds. The van der Waals surface area contributed by atoms with Gasteiger partial charge >= 0.3 is 6.18 Å². The highest BCUT2D eigenvalue weighted by Gasteiger charge is 2.33. The lowest BCUT2D eigenvalue weighted by molar-refractivity contribution is -0.141. The minimum absolute atomic E-state index is 0.0399. The summed E-state index contributed by atoms with van der Waals surface area (Å²) < 4.78 is 39.0. The lowest BCUT2D eigenvalue weighted by Crippen LogP contribution is -2.18. The molecule has 0 aliphatic heterocycles. The van der Waals surface area contributed by atoms with E-state index in [-0.39, 0.29) is 17.8 Å². The molecule has 0 radical (unpaired) electrons. The fourth-order valence-electron chi connectivity index (χ4n) is 1.72. The van der Waals surface area contributed by atoms with Gasteiger partial charge in [-0.25, -0.2) is 4.98 Å². The Labute approximate surface area is 137 Å². The Hall–Kier alpha value is -2.02. The highest BCUT2D eigenvalue weighted by atomic mass is 35.5. The SMILES string of the molecule is CC[C@H](C)Nc1nc(Nc2ccc(Cl)cc2)cc(C(F)(F)F)n1. The van der Waals surface area contributed by atoms with Gasteiger partial charge in [0, 0.05) is 22.8 Å². The third-order valence-corrected chi connectivity index (χ3v) is 3.37. The molecule has 1 aromatic carbocycles. The van der Waals surface area contributed by atoms with Gasteiger partial charge in [-0.2, -0.15) is 18.2 Å². The summed E-state index contributed by atoms with van der Waals surface area (Å²) in [5.74, 6) is -0.00825. The van der Waals surface area contributed by atoms with Crippen molar-refractivity contribution in [3.8, 4) is 0 Å². The lowest BCUT2D eigenvalue weighted by atomic mass is 10.3. The topological polar surface area (TPSA) is 49.8 Å². The zero-order valence-electron chi connectivity index (χ0n) is 12.6. The van der Waals surface area contributed by atoms with Crippen molar-refractivity contribution in [2.75, 3.05) is 10.6 Å². The van der Waals surface area contributed by atoms with E-state index in [2.05, 4.69) is 20.6 Å². The fourth-order valence-corrected chi connectivity index (χ4v) is 1.85. The van der Waals surface area contributed by atoms with Gasteiger partial charge in [-0.15, -0.1) is 0 Å². The molecule has 1 aromatic heterocycles. The van der Waals surface area contributed by atoms with Crippen molar-refractivity contribution in [3.63, 3.8) is 0 Å². The predicted octanol–water partition coefficient (Wildman–Crippen LogP) is 5.10. The van der Waals surface area contributed by atoms with Crippen LogP contribution in [0.15, 0.2) is 30.3 Å². The molecule has 0 unspecified atom stereocenters. The van der Waals surface area contributed by atoms with Gasteiger partial charge in [-0.05, 0) is 37.6 Å². The highest BCUT2D eigenvalue weighted by molar-refractivity contribution is 6.30. The second-order valence-electron chi connectivity index (χ2n) is 5.05. The van der Waals surface area contributed by atoms with Crippen LogP contribution in [0.5, 0.6) is 0 Å². The highest BCUT2D eigenvalue weighted by Crippen LogP contribution is 2.30. The van der Waals surface area contributed by atoms with E-state index >= 15 is 0 Å². The number of aromatic nitrogens is 2. The molecule has 23 heavy (non-hydrogen) atoms. The van der Waals surface area contributed by atoms with E-state index in [9.17, 15) is 13.2 Å². The van der Waals surface area contributed by atoms with E-state index in [0.29, 0.717) is 10.7 Å². The van der Waals surface area contributed by atoms with Crippen LogP contribution in [-0.4, -0.2) is 16.0 Å². The minimum atomic E-state index is -4.55. The summed E-state index contributed by atoms with van der Waals surface area (Å²) in [5.41, 5.74) is -0.425. The Morgan fingerprint density at radius 3 is 2.39 bits per heavy atom. The number of anilines is 3. The number of hydrogen-bond donors (Lipinski definition) is 2. The van der Waals surface area contributed by atoms with Crippen molar-refractivity contribution < 1.29 is 13.2 Å². The molecule has 0 saturated carbocycles. The summed E-state index contributed by atoms with van der Waals surface area (Å²) in [5, 5.41) is 6.22. The van der Waals surface area contributed by atoms with Crippen molar-refractivity contribution in [1.29, 1.82) is 0 Å². The Balaban J connectivity index is 2.33. The largest absolute Gasteiger partial charge is 0.433 e. The van der Waals surface area contributed by atoms with Crippen LogP contribution < -0.4 is 10.6 Å². The number of alkyl halides is 3. The molecule has 2 N–H and O–H groups in total. The number of halogens is 4. The van der Waals surface area contributed by atoms with E-state index in [4.69, 9.17) is 11.6 Å². The summed E-state index contributed by atoms with van der Waals surface area (Å²) in [6.45, 7) is 3.76. The number of nitrogens with zero attached hydrogens (tertiary/aromatic N) is 2. The van der Waals surface area contributed by atoms with E-state index in [1.807, 2.05) is 13.8 Å². The summed E-state index contributed by atoms with van der Waals surface area (Å²) in [7, 11) is 0. The summed E-state index contributed by atoms with van der Waals surface area (Å²) in [4.78, 5) is 7.63. The molecule has 2 rings (SSSR count). The van der Waals surface area contributed by atoms with Gasteiger partial charge in [-0.3, -0.25) is 0 Å². The van der Waals surface area contributed by atoms with Crippen LogP contribution in [0, 0.1) is 0 Å². The molecule has 1 atom stereocenters. The van der Waals surface area contributed by atoms with Crippen LogP contribution in [0.2, 0.25) is 5.02 Å². The second-order valence-corrected chi connectivity index (χ2v) is 5.48. The average molecular weight is 345 g/mol. The Kier molecular flexibility index (Phi) is 5.30. The molecule has 2 aromatic rings. The van der Waals surface area contributed by atoms with Gasteiger partial charge in [0.25, 0.3) is 0 Å².